The third-order valence-corrected chi connectivity index (χ3v) is 4.15. The van der Waals surface area contributed by atoms with Gasteiger partial charge >= 0.3 is 0 Å². The molecule has 8 heteroatoms. The van der Waals surface area contributed by atoms with E-state index in [4.69, 9.17) is 15.2 Å². The van der Waals surface area contributed by atoms with Crippen molar-refractivity contribution in [3.05, 3.63) is 42.5 Å². The highest BCUT2D eigenvalue weighted by atomic mass is 35.5. The highest BCUT2D eigenvalue weighted by Crippen LogP contribution is 2.33. The summed E-state index contributed by atoms with van der Waals surface area (Å²) in [6.45, 7) is 1.96. The van der Waals surface area contributed by atoms with E-state index in [0.717, 1.165) is 0 Å². The molecule has 7 nitrogen and oxygen atoms in total. The fraction of sp³-hybridized carbons (Fsp3) is 0.263. The van der Waals surface area contributed by atoms with Crippen LogP contribution in [0.15, 0.2) is 42.5 Å². The molecule has 2 aromatic carbocycles. The smallest absolute Gasteiger partial charge is 0.267 e. The molecule has 0 saturated heterocycles. The minimum atomic E-state index is -0.575. The Morgan fingerprint density at radius 3 is 2.74 bits per heavy atom. The first kappa shape index (κ1) is 20.4. The molecule has 0 radical (unpaired) electrons. The summed E-state index contributed by atoms with van der Waals surface area (Å²) in [5.41, 5.74) is 7.54. The van der Waals surface area contributed by atoms with Crippen LogP contribution in [-0.2, 0) is 9.59 Å². The molecule has 3 N–H and O–H groups in total. The summed E-state index contributed by atoms with van der Waals surface area (Å²) in [4.78, 5) is 26.3. The molecule has 2 amide bonds. The second-order valence-electron chi connectivity index (χ2n) is 5.97. The summed E-state index contributed by atoms with van der Waals surface area (Å²) in [5.74, 6) is 0.819. The summed E-state index contributed by atoms with van der Waals surface area (Å²) in [6, 6.07) is 12.3. The van der Waals surface area contributed by atoms with E-state index in [1.54, 1.807) is 36.1 Å². The first-order valence-corrected chi connectivity index (χ1v) is 8.30. The van der Waals surface area contributed by atoms with Gasteiger partial charge in [-0.25, -0.2) is 0 Å². The number of benzene rings is 2. The van der Waals surface area contributed by atoms with Gasteiger partial charge in [0.05, 0.1) is 18.5 Å². The van der Waals surface area contributed by atoms with Crippen LogP contribution in [0.4, 0.5) is 17.1 Å². The molecule has 0 bridgehead atoms. The highest BCUT2D eigenvalue weighted by molar-refractivity contribution is 6.00. The number of carbonyl (C=O) groups excluding carboxylic acids is 2. The number of amides is 2. The molecule has 0 spiro atoms. The molecule has 27 heavy (non-hydrogen) atoms. The summed E-state index contributed by atoms with van der Waals surface area (Å²) in [6.07, 6.45) is -0.423. The minimum Gasteiger partial charge on any atom is -0.495 e. The highest BCUT2D eigenvalue weighted by Gasteiger charge is 2.31. The lowest BCUT2D eigenvalue weighted by atomic mass is 10.1. The van der Waals surface area contributed by atoms with Gasteiger partial charge in [-0.2, -0.15) is 0 Å². The van der Waals surface area contributed by atoms with Gasteiger partial charge in [0.1, 0.15) is 11.5 Å². The normalized spacial score (nSPS) is 15.3. The summed E-state index contributed by atoms with van der Waals surface area (Å²) >= 11 is 0. The van der Waals surface area contributed by atoms with E-state index in [1.807, 2.05) is 18.2 Å². The number of ether oxygens (including phenoxy) is 2. The molecule has 1 aliphatic rings. The number of nitrogens with one attached hydrogen (secondary N) is 1. The zero-order valence-electron chi connectivity index (χ0n) is 15.1. The van der Waals surface area contributed by atoms with E-state index in [0.29, 0.717) is 28.6 Å². The van der Waals surface area contributed by atoms with E-state index in [9.17, 15) is 9.59 Å². The van der Waals surface area contributed by atoms with Crippen LogP contribution in [0.2, 0.25) is 0 Å². The molecule has 1 aliphatic heterocycles. The first-order valence-electron chi connectivity index (χ1n) is 8.30. The number of para-hydroxylation sites is 2. The van der Waals surface area contributed by atoms with Crippen molar-refractivity contribution in [2.24, 2.45) is 0 Å². The second-order valence-corrected chi connectivity index (χ2v) is 5.97. The molecule has 1 unspecified atom stereocenters. The van der Waals surface area contributed by atoms with Crippen molar-refractivity contribution in [3.63, 3.8) is 0 Å². The Hall–Kier alpha value is -2.93. The number of nitrogens with zero attached hydrogens (tertiary/aromatic N) is 1. The van der Waals surface area contributed by atoms with Gasteiger partial charge in [-0.3, -0.25) is 9.59 Å². The van der Waals surface area contributed by atoms with Gasteiger partial charge in [0, 0.05) is 18.7 Å². The Kier molecular flexibility index (Phi) is 6.52. The Bertz CT molecular complexity index is 843. The van der Waals surface area contributed by atoms with E-state index >= 15 is 0 Å². The zero-order chi connectivity index (χ0) is 18.7. The maximum atomic E-state index is 12.4. The van der Waals surface area contributed by atoms with E-state index in [1.165, 1.54) is 7.11 Å². The lowest BCUT2D eigenvalue weighted by molar-refractivity contribution is -0.125. The van der Waals surface area contributed by atoms with Crippen LogP contribution >= 0.6 is 12.4 Å². The largest absolute Gasteiger partial charge is 0.495 e. The molecule has 1 atom stereocenters. The molecule has 3 rings (SSSR count). The molecule has 0 aromatic heterocycles. The van der Waals surface area contributed by atoms with Crippen molar-refractivity contribution in [3.8, 4) is 11.5 Å². The summed E-state index contributed by atoms with van der Waals surface area (Å²) < 4.78 is 10.7. The van der Waals surface area contributed by atoms with Gasteiger partial charge in [-0.1, -0.05) is 12.1 Å². The molecule has 2 aromatic rings. The number of hydrogen-bond acceptors (Lipinski definition) is 5. The molecular formula is C19H22ClN3O4. The number of halogens is 1. The predicted octanol–water partition coefficient (Wildman–Crippen LogP) is 2.84. The SMILES string of the molecule is COc1ccc(NC(=O)CCN2C(=O)C(C)Oc3ccccc32)cc1N.Cl. The van der Waals surface area contributed by atoms with Gasteiger partial charge in [-0.05, 0) is 37.3 Å². The second kappa shape index (κ2) is 8.64. The van der Waals surface area contributed by atoms with Crippen molar-refractivity contribution in [1.29, 1.82) is 0 Å². The quantitative estimate of drug-likeness (QED) is 0.764. The number of methoxy groups -OCH3 is 1. The Morgan fingerprint density at radius 1 is 1.30 bits per heavy atom. The number of anilines is 3. The van der Waals surface area contributed by atoms with Crippen LogP contribution in [-0.4, -0.2) is 31.6 Å². The van der Waals surface area contributed by atoms with Crippen molar-refractivity contribution in [2.75, 3.05) is 29.6 Å². The van der Waals surface area contributed by atoms with Crippen molar-refractivity contribution < 1.29 is 19.1 Å². The van der Waals surface area contributed by atoms with Gasteiger partial charge in [-0.15, -0.1) is 12.4 Å². The Balaban J connectivity index is 0.00000261. The predicted molar refractivity (Wildman–Crippen MR) is 107 cm³/mol. The lowest BCUT2D eigenvalue weighted by Crippen LogP contribution is -2.45. The number of fused-ring (bicyclic) bond motifs is 1. The zero-order valence-corrected chi connectivity index (χ0v) is 15.9. The van der Waals surface area contributed by atoms with Gasteiger partial charge < -0.3 is 25.4 Å². The first-order chi connectivity index (χ1) is 12.5. The van der Waals surface area contributed by atoms with Crippen LogP contribution in [0.1, 0.15) is 13.3 Å². The standard InChI is InChI=1S/C19H21N3O4.ClH/c1-12-19(24)22(15-5-3-4-6-17(15)26-12)10-9-18(23)21-13-7-8-16(25-2)14(20)11-13;/h3-8,11-12H,9-10,20H2,1-2H3,(H,21,23);1H. The van der Waals surface area contributed by atoms with Crippen LogP contribution in [0.5, 0.6) is 11.5 Å². The minimum absolute atomic E-state index is 0. The number of nitrogens with two attached hydrogens (primary N) is 1. The molecule has 144 valence electrons. The number of rotatable bonds is 5. The maximum Gasteiger partial charge on any atom is 0.267 e. The van der Waals surface area contributed by atoms with E-state index in [2.05, 4.69) is 5.32 Å². The van der Waals surface area contributed by atoms with Crippen molar-refractivity contribution in [2.45, 2.75) is 19.4 Å². The third kappa shape index (κ3) is 4.43. The third-order valence-electron chi connectivity index (χ3n) is 4.15. The average molecular weight is 392 g/mol. The number of nitrogen functional groups attached to an aromatic ring is 1. The Labute approximate surface area is 163 Å². The fourth-order valence-corrected chi connectivity index (χ4v) is 2.84. The van der Waals surface area contributed by atoms with E-state index < -0.39 is 6.10 Å². The van der Waals surface area contributed by atoms with Gasteiger partial charge in [0.25, 0.3) is 5.91 Å². The molecule has 0 saturated carbocycles. The van der Waals surface area contributed by atoms with Crippen LogP contribution < -0.4 is 25.4 Å². The topological polar surface area (TPSA) is 93.9 Å². The number of hydrogen-bond donors (Lipinski definition) is 2. The fourth-order valence-electron chi connectivity index (χ4n) is 2.84. The van der Waals surface area contributed by atoms with Crippen molar-refractivity contribution in [1.82, 2.24) is 0 Å². The molecule has 1 heterocycles. The lowest BCUT2D eigenvalue weighted by Gasteiger charge is -2.32. The number of carbonyl (C=O) groups is 2. The summed E-state index contributed by atoms with van der Waals surface area (Å²) in [7, 11) is 1.53. The average Bonchev–Trinajstić information content (AvgIpc) is 2.62. The van der Waals surface area contributed by atoms with Crippen LogP contribution in [0.25, 0.3) is 0 Å². The van der Waals surface area contributed by atoms with Gasteiger partial charge in [0.15, 0.2) is 6.10 Å². The maximum absolute atomic E-state index is 12.4. The molecule has 0 aliphatic carbocycles. The molecule has 0 fully saturated rings. The molecular weight excluding hydrogens is 370 g/mol. The van der Waals surface area contributed by atoms with Crippen LogP contribution in [0.3, 0.4) is 0 Å². The van der Waals surface area contributed by atoms with E-state index in [-0.39, 0.29) is 37.2 Å². The van der Waals surface area contributed by atoms with Gasteiger partial charge in [0.2, 0.25) is 5.91 Å². The summed E-state index contributed by atoms with van der Waals surface area (Å²) in [5, 5.41) is 2.78. The van der Waals surface area contributed by atoms with Crippen LogP contribution in [0, 0.1) is 0 Å². The van der Waals surface area contributed by atoms with Crippen molar-refractivity contribution >= 4 is 41.3 Å². The monoisotopic (exact) mass is 391 g/mol. The Morgan fingerprint density at radius 2 is 2.04 bits per heavy atom.